The minimum Gasteiger partial charge on any atom is -0.469 e. The Morgan fingerprint density at radius 1 is 1.37 bits per heavy atom. The molecular formula is C19H17F2N4O3S2+. The van der Waals surface area contributed by atoms with Crippen molar-refractivity contribution in [3.05, 3.63) is 48.0 Å². The number of nitrogens with zero attached hydrogens (tertiary/aromatic N) is 4. The molecule has 3 aromatic rings. The first-order chi connectivity index (χ1) is 14.5. The van der Waals surface area contributed by atoms with Crippen LogP contribution < -0.4 is 9.30 Å². The minimum atomic E-state index is -0.410. The second kappa shape index (κ2) is 8.60. The Balaban J connectivity index is 1.76. The molecule has 1 aliphatic rings. The first kappa shape index (κ1) is 20.6. The Morgan fingerprint density at radius 2 is 2.13 bits per heavy atom. The molecule has 1 aromatic carbocycles. The van der Waals surface area contributed by atoms with E-state index in [2.05, 4.69) is 14.8 Å². The average molecular weight is 452 g/mol. The third-order valence-corrected chi connectivity index (χ3v) is 6.00. The first-order valence-electron chi connectivity index (χ1n) is 8.98. The zero-order valence-corrected chi connectivity index (χ0v) is 17.7. The van der Waals surface area contributed by atoms with Crippen molar-refractivity contribution in [3.63, 3.8) is 0 Å². The fourth-order valence-corrected chi connectivity index (χ4v) is 4.56. The van der Waals surface area contributed by atoms with Gasteiger partial charge in [-0.15, -0.1) is 3.89 Å². The number of methoxy groups -OCH3 is 1. The molecule has 0 saturated heterocycles. The summed E-state index contributed by atoms with van der Waals surface area (Å²) in [5, 5.41) is 4.69. The molecule has 1 aliphatic heterocycles. The van der Waals surface area contributed by atoms with Gasteiger partial charge in [0.05, 0.1) is 18.6 Å². The molecule has 11 heteroatoms. The Hall–Kier alpha value is -2.66. The van der Waals surface area contributed by atoms with Crippen molar-refractivity contribution >= 4 is 30.1 Å². The summed E-state index contributed by atoms with van der Waals surface area (Å²) in [7, 11) is 1.32. The van der Waals surface area contributed by atoms with Crippen molar-refractivity contribution < 1.29 is 27.1 Å². The molecule has 1 atom stereocenters. The van der Waals surface area contributed by atoms with Crippen molar-refractivity contribution in [1.82, 2.24) is 14.2 Å². The second-order valence-electron chi connectivity index (χ2n) is 6.44. The van der Waals surface area contributed by atoms with Gasteiger partial charge < -0.3 is 9.47 Å². The van der Waals surface area contributed by atoms with Crippen LogP contribution in [-0.4, -0.2) is 33.0 Å². The fraction of sp³-hybridized carbons (Fsp3) is 0.263. The van der Waals surface area contributed by atoms with Crippen LogP contribution in [0.15, 0.2) is 41.8 Å². The summed E-state index contributed by atoms with van der Waals surface area (Å²) in [4.78, 5) is 15.4. The number of carbonyl (C=O) groups is 1. The van der Waals surface area contributed by atoms with E-state index in [0.717, 1.165) is 9.65 Å². The number of pyridine rings is 1. The van der Waals surface area contributed by atoms with E-state index in [1.165, 1.54) is 31.0 Å². The number of aromatic nitrogens is 4. The van der Waals surface area contributed by atoms with E-state index in [4.69, 9.17) is 4.74 Å². The number of fused-ring (bicyclic) bond motifs is 2. The molecule has 4 rings (SSSR count). The molecule has 0 amide bonds. The van der Waals surface area contributed by atoms with Gasteiger partial charge in [-0.2, -0.15) is 4.57 Å². The van der Waals surface area contributed by atoms with Crippen LogP contribution >= 0.6 is 24.1 Å². The number of ether oxygens (including phenoxy) is 2. The molecule has 7 nitrogen and oxygen atoms in total. The van der Waals surface area contributed by atoms with Crippen LogP contribution in [0.1, 0.15) is 24.9 Å². The van der Waals surface area contributed by atoms with E-state index in [0.29, 0.717) is 27.8 Å². The summed E-state index contributed by atoms with van der Waals surface area (Å²) in [6.45, 7) is 1.86. The van der Waals surface area contributed by atoms with Gasteiger partial charge in [-0.05, 0) is 48.5 Å². The molecule has 0 radical (unpaired) electrons. The van der Waals surface area contributed by atoms with Crippen LogP contribution in [0.4, 0.5) is 8.28 Å². The smallest absolute Gasteiger partial charge is 0.453 e. The van der Waals surface area contributed by atoms with Crippen LogP contribution in [0.25, 0.3) is 11.1 Å². The van der Waals surface area contributed by atoms with Gasteiger partial charge in [-0.3, -0.25) is 9.78 Å². The molecule has 0 spiro atoms. The van der Waals surface area contributed by atoms with Gasteiger partial charge in [0, 0.05) is 33.4 Å². The number of benzene rings is 1. The molecule has 1 unspecified atom stereocenters. The lowest BCUT2D eigenvalue weighted by atomic mass is 9.97. The van der Waals surface area contributed by atoms with E-state index < -0.39 is 5.82 Å². The summed E-state index contributed by atoms with van der Waals surface area (Å²) < 4.78 is 41.5. The van der Waals surface area contributed by atoms with Crippen LogP contribution in [-0.2, 0) is 9.53 Å². The third-order valence-electron chi connectivity index (χ3n) is 4.69. The van der Waals surface area contributed by atoms with Gasteiger partial charge in [-0.1, -0.05) is 0 Å². The number of hydrogen-bond donors (Lipinski definition) is 0. The number of esters is 1. The average Bonchev–Trinajstić information content (AvgIpc) is 3.12. The van der Waals surface area contributed by atoms with Crippen molar-refractivity contribution in [2.24, 2.45) is 0 Å². The van der Waals surface area contributed by atoms with E-state index in [1.54, 1.807) is 29.1 Å². The van der Waals surface area contributed by atoms with Gasteiger partial charge >= 0.3 is 17.1 Å². The zero-order chi connectivity index (χ0) is 21.3. The molecule has 30 heavy (non-hydrogen) atoms. The highest BCUT2D eigenvalue weighted by molar-refractivity contribution is 7.99. The highest BCUT2D eigenvalue weighted by atomic mass is 32.2. The highest BCUT2D eigenvalue weighted by Gasteiger charge is 2.40. The number of hydrogen-bond acceptors (Lipinski definition) is 7. The lowest BCUT2D eigenvalue weighted by molar-refractivity contribution is -0.752. The Labute approximate surface area is 179 Å². The predicted octanol–water partition coefficient (Wildman–Crippen LogP) is 4.12. The molecule has 2 aromatic heterocycles. The first-order valence-corrected chi connectivity index (χ1v) is 10.6. The maximum atomic E-state index is 14.5. The third kappa shape index (κ3) is 3.74. The van der Waals surface area contributed by atoms with Crippen molar-refractivity contribution in [2.45, 2.75) is 24.5 Å². The van der Waals surface area contributed by atoms with Gasteiger partial charge in [0.2, 0.25) is 0 Å². The largest absolute Gasteiger partial charge is 0.469 e. The number of thioether (sulfide) groups is 1. The normalized spacial score (nSPS) is 14.6. The van der Waals surface area contributed by atoms with Crippen molar-refractivity contribution in [1.29, 1.82) is 0 Å². The Morgan fingerprint density at radius 3 is 2.83 bits per heavy atom. The quantitative estimate of drug-likeness (QED) is 0.317. The maximum absolute atomic E-state index is 14.5. The van der Waals surface area contributed by atoms with Crippen LogP contribution in [0.2, 0.25) is 0 Å². The number of rotatable bonds is 6. The summed E-state index contributed by atoms with van der Waals surface area (Å²) in [6.07, 6.45) is 3.40. The standard InChI is InChI=1S/C19H17F2N4O3S2/c1-11-14-9-13(20)10-15(12-3-6-22-7-4-12)17(14)28-19-24(11)18(23-25(19)30-21)29-8-5-16(26)27-2/h3-4,6-7,9-11H,5,8H2,1-2H3/q+1. The topological polar surface area (TPSA) is 70.1 Å². The zero-order valence-electron chi connectivity index (χ0n) is 16.0. The van der Waals surface area contributed by atoms with E-state index in [-0.39, 0.29) is 36.8 Å². The molecule has 0 fully saturated rings. The second-order valence-corrected chi connectivity index (χ2v) is 7.98. The molecular weight excluding hydrogens is 434 g/mol. The van der Waals surface area contributed by atoms with Crippen molar-refractivity contribution in [2.75, 3.05) is 12.9 Å². The summed E-state index contributed by atoms with van der Waals surface area (Å²) >= 11 is 1.17. The molecule has 0 N–H and O–H groups in total. The van der Waals surface area contributed by atoms with Gasteiger partial charge in [0.1, 0.15) is 17.6 Å². The summed E-state index contributed by atoms with van der Waals surface area (Å²) in [5.74, 6) is 0.0773. The molecule has 3 heterocycles. The van der Waals surface area contributed by atoms with Crippen LogP contribution in [0.3, 0.4) is 0 Å². The number of carbonyl (C=O) groups excluding carboxylic acids is 1. The minimum absolute atomic E-state index is 0.0993. The van der Waals surface area contributed by atoms with Crippen molar-refractivity contribution in [3.8, 4) is 22.9 Å². The molecule has 0 saturated carbocycles. The lowest BCUT2D eigenvalue weighted by Gasteiger charge is -2.23. The lowest BCUT2D eigenvalue weighted by Crippen LogP contribution is -2.43. The van der Waals surface area contributed by atoms with Crippen LogP contribution in [0, 0.1) is 5.82 Å². The molecule has 0 aliphatic carbocycles. The summed E-state index contributed by atoms with van der Waals surface area (Å²) in [6, 6.07) is 6.09. The maximum Gasteiger partial charge on any atom is 0.453 e. The number of halogens is 2. The predicted molar refractivity (Wildman–Crippen MR) is 107 cm³/mol. The Bertz CT molecular complexity index is 1100. The van der Waals surface area contributed by atoms with E-state index in [9.17, 15) is 13.1 Å². The SMILES string of the molecule is COC(=O)CCSc1nn(SF)c2[n+]1C(C)c1cc(F)cc(-c3ccncc3)c1O2. The Kier molecular flexibility index (Phi) is 5.91. The van der Waals surface area contributed by atoms with E-state index in [1.807, 2.05) is 6.92 Å². The summed E-state index contributed by atoms with van der Waals surface area (Å²) in [5.41, 5.74) is 1.88. The van der Waals surface area contributed by atoms with Crippen LogP contribution in [0.5, 0.6) is 11.8 Å². The van der Waals surface area contributed by atoms with Gasteiger partial charge in [0.15, 0.2) is 0 Å². The monoisotopic (exact) mass is 451 g/mol. The van der Waals surface area contributed by atoms with E-state index >= 15 is 0 Å². The van der Waals surface area contributed by atoms with Gasteiger partial charge in [0.25, 0.3) is 12.3 Å². The molecule has 156 valence electrons. The highest BCUT2D eigenvalue weighted by Crippen LogP contribution is 2.43. The fourth-order valence-electron chi connectivity index (χ4n) is 3.25. The molecule has 0 bridgehead atoms. The van der Waals surface area contributed by atoms with Gasteiger partial charge in [-0.25, -0.2) is 4.39 Å².